The third-order valence-electron chi connectivity index (χ3n) is 6.28. The summed E-state index contributed by atoms with van der Waals surface area (Å²) in [7, 11) is 1.76. The van der Waals surface area contributed by atoms with Gasteiger partial charge in [0.2, 0.25) is 0 Å². The minimum absolute atomic E-state index is 0.222. The molecule has 2 fully saturated rings. The molecule has 9 heteroatoms. The maximum absolute atomic E-state index is 9.96. The monoisotopic (exact) mass is 469 g/mol. The second-order valence-corrected chi connectivity index (χ2v) is 9.69. The second-order valence-electron chi connectivity index (χ2n) is 8.56. The number of rotatable bonds is 7. The van der Waals surface area contributed by atoms with Gasteiger partial charge >= 0.3 is 0 Å². The van der Waals surface area contributed by atoms with Crippen LogP contribution in [0.3, 0.4) is 0 Å². The highest BCUT2D eigenvalue weighted by Gasteiger charge is 2.22. The molecule has 0 unspecified atom stereocenters. The lowest BCUT2D eigenvalue weighted by Gasteiger charge is -2.34. The molecule has 0 aliphatic carbocycles. The molecule has 0 radical (unpaired) electrons. The van der Waals surface area contributed by atoms with E-state index in [1.54, 1.807) is 30.6 Å². The van der Waals surface area contributed by atoms with Crippen molar-refractivity contribution < 1.29 is 14.6 Å². The smallest absolute Gasteiger partial charge is 0.162 e. The third-order valence-corrected chi connectivity index (χ3v) is 7.38. The van der Waals surface area contributed by atoms with Gasteiger partial charge in [0.1, 0.15) is 5.75 Å². The minimum atomic E-state index is 0.222. The van der Waals surface area contributed by atoms with Gasteiger partial charge in [0.05, 0.1) is 30.0 Å². The molecule has 2 aromatic heterocycles. The van der Waals surface area contributed by atoms with Crippen LogP contribution < -0.4 is 4.90 Å². The van der Waals surface area contributed by atoms with Crippen LogP contribution in [-0.2, 0) is 16.0 Å². The SMILES string of the molecule is COCCN1CCN(Cc2cc3nc(-c4cccc(O)c4)nc(N4CCOCC4)c3s2)CC1. The summed E-state index contributed by atoms with van der Waals surface area (Å²) in [4.78, 5) is 18.5. The maximum Gasteiger partial charge on any atom is 0.162 e. The summed E-state index contributed by atoms with van der Waals surface area (Å²) >= 11 is 1.80. The van der Waals surface area contributed by atoms with Crippen LogP contribution in [0, 0.1) is 0 Å². The number of phenols is 1. The average Bonchev–Trinajstić information content (AvgIpc) is 3.26. The normalized spacial score (nSPS) is 18.3. The number of hydrogen-bond acceptors (Lipinski definition) is 9. The van der Waals surface area contributed by atoms with Crippen LogP contribution in [0.4, 0.5) is 5.82 Å². The number of hydrogen-bond donors (Lipinski definition) is 1. The number of phenolic OH excluding ortho intramolecular Hbond substituents is 1. The van der Waals surface area contributed by atoms with Gasteiger partial charge in [-0.2, -0.15) is 0 Å². The van der Waals surface area contributed by atoms with E-state index in [2.05, 4.69) is 20.8 Å². The number of aromatic hydroxyl groups is 1. The molecule has 5 rings (SSSR count). The maximum atomic E-state index is 9.96. The van der Waals surface area contributed by atoms with Crippen LogP contribution in [-0.4, -0.2) is 97.6 Å². The predicted molar refractivity (Wildman–Crippen MR) is 131 cm³/mol. The van der Waals surface area contributed by atoms with Crippen LogP contribution in [0.25, 0.3) is 21.6 Å². The quantitative estimate of drug-likeness (QED) is 0.566. The lowest BCUT2D eigenvalue weighted by Crippen LogP contribution is -2.46. The summed E-state index contributed by atoms with van der Waals surface area (Å²) in [5.74, 6) is 1.85. The summed E-state index contributed by atoms with van der Waals surface area (Å²) in [5, 5.41) is 9.96. The lowest BCUT2D eigenvalue weighted by molar-refractivity contribution is 0.0943. The zero-order valence-electron chi connectivity index (χ0n) is 19.1. The Hall–Kier alpha value is -2.30. The van der Waals surface area contributed by atoms with Crippen LogP contribution in [0.1, 0.15) is 4.88 Å². The predicted octanol–water partition coefficient (Wildman–Crippen LogP) is 2.66. The number of thiophene rings is 1. The summed E-state index contributed by atoms with van der Waals surface area (Å²) in [6.07, 6.45) is 0. The number of anilines is 1. The van der Waals surface area contributed by atoms with Gasteiger partial charge in [-0.3, -0.25) is 9.80 Å². The Bertz CT molecular complexity index is 1080. The van der Waals surface area contributed by atoms with Crippen LogP contribution >= 0.6 is 11.3 Å². The zero-order chi connectivity index (χ0) is 22.6. The number of morpholine rings is 1. The fourth-order valence-electron chi connectivity index (χ4n) is 4.42. The minimum Gasteiger partial charge on any atom is -0.508 e. The van der Waals surface area contributed by atoms with Gasteiger partial charge in [0.25, 0.3) is 0 Å². The molecule has 1 N–H and O–H groups in total. The van der Waals surface area contributed by atoms with E-state index < -0.39 is 0 Å². The van der Waals surface area contributed by atoms with Crippen molar-refractivity contribution in [2.45, 2.75) is 6.54 Å². The Kier molecular flexibility index (Phi) is 7.03. The lowest BCUT2D eigenvalue weighted by atomic mass is 10.2. The Morgan fingerprint density at radius 2 is 1.82 bits per heavy atom. The Morgan fingerprint density at radius 1 is 1.03 bits per heavy atom. The van der Waals surface area contributed by atoms with Gasteiger partial charge in [0.15, 0.2) is 11.6 Å². The van der Waals surface area contributed by atoms with E-state index in [4.69, 9.17) is 19.4 Å². The molecule has 0 spiro atoms. The number of benzene rings is 1. The van der Waals surface area contributed by atoms with Gasteiger partial charge in [-0.25, -0.2) is 9.97 Å². The van der Waals surface area contributed by atoms with Crippen LogP contribution in [0.2, 0.25) is 0 Å². The molecule has 0 atom stereocenters. The van der Waals surface area contributed by atoms with Crippen molar-refractivity contribution in [2.24, 2.45) is 0 Å². The number of methoxy groups -OCH3 is 1. The van der Waals surface area contributed by atoms with E-state index in [1.807, 2.05) is 12.1 Å². The summed E-state index contributed by atoms with van der Waals surface area (Å²) in [5.41, 5.74) is 1.80. The fourth-order valence-corrected chi connectivity index (χ4v) is 5.57. The standard InChI is InChI=1S/C24H31N5O3S/c1-31-12-9-27-5-7-28(8-6-27)17-20-16-21-22(33-20)24(29-10-13-32-14-11-29)26-23(25-21)18-3-2-4-19(30)15-18/h2-4,15-16,30H,5-14,17H2,1H3. The number of fused-ring (bicyclic) bond motifs is 1. The van der Waals surface area contributed by atoms with Crippen molar-refractivity contribution in [1.29, 1.82) is 0 Å². The van der Waals surface area contributed by atoms with E-state index in [9.17, 15) is 5.11 Å². The van der Waals surface area contributed by atoms with E-state index in [0.29, 0.717) is 19.0 Å². The first kappa shape index (κ1) is 22.5. The average molecular weight is 470 g/mol. The summed E-state index contributed by atoms with van der Waals surface area (Å²) < 4.78 is 11.9. The van der Waals surface area contributed by atoms with Crippen LogP contribution in [0.5, 0.6) is 5.75 Å². The first-order valence-electron chi connectivity index (χ1n) is 11.6. The molecule has 2 saturated heterocycles. The van der Waals surface area contributed by atoms with E-state index in [1.165, 1.54) is 4.88 Å². The zero-order valence-corrected chi connectivity index (χ0v) is 19.9. The van der Waals surface area contributed by atoms with Gasteiger partial charge < -0.3 is 19.5 Å². The molecule has 0 saturated carbocycles. The number of nitrogens with zero attached hydrogens (tertiary/aromatic N) is 5. The topological polar surface area (TPSA) is 74.2 Å². The second kappa shape index (κ2) is 10.3. The van der Waals surface area contributed by atoms with E-state index in [-0.39, 0.29) is 5.75 Å². The van der Waals surface area contributed by atoms with Gasteiger partial charge in [0, 0.05) is 69.9 Å². The molecule has 2 aliphatic rings. The molecule has 2 aliphatic heterocycles. The molecule has 0 bridgehead atoms. The molecule has 3 aromatic rings. The molecule has 33 heavy (non-hydrogen) atoms. The molecule has 176 valence electrons. The Balaban J connectivity index is 1.41. The number of piperazine rings is 1. The first-order chi connectivity index (χ1) is 16.2. The highest BCUT2D eigenvalue weighted by atomic mass is 32.1. The van der Waals surface area contributed by atoms with Gasteiger partial charge in [-0.05, 0) is 18.2 Å². The summed E-state index contributed by atoms with van der Waals surface area (Å²) in [6, 6.07) is 9.39. The molecule has 1 aromatic carbocycles. The highest BCUT2D eigenvalue weighted by Crippen LogP contribution is 2.35. The fraction of sp³-hybridized carbons (Fsp3) is 0.500. The van der Waals surface area contributed by atoms with Crippen LogP contribution in [0.15, 0.2) is 30.3 Å². The molecular formula is C24H31N5O3S. The third kappa shape index (κ3) is 5.28. The summed E-state index contributed by atoms with van der Waals surface area (Å²) in [6.45, 7) is 10.1. The van der Waals surface area contributed by atoms with Crippen molar-refractivity contribution in [3.63, 3.8) is 0 Å². The highest BCUT2D eigenvalue weighted by molar-refractivity contribution is 7.19. The van der Waals surface area contributed by atoms with Crippen molar-refractivity contribution in [2.75, 3.05) is 77.6 Å². The van der Waals surface area contributed by atoms with E-state index in [0.717, 1.165) is 80.6 Å². The van der Waals surface area contributed by atoms with Gasteiger partial charge in [-0.1, -0.05) is 12.1 Å². The van der Waals surface area contributed by atoms with Crippen molar-refractivity contribution in [3.05, 3.63) is 35.2 Å². The number of aromatic nitrogens is 2. The molecule has 4 heterocycles. The molecule has 8 nitrogen and oxygen atoms in total. The van der Waals surface area contributed by atoms with E-state index >= 15 is 0 Å². The van der Waals surface area contributed by atoms with Crippen molar-refractivity contribution in [3.8, 4) is 17.1 Å². The molecular weight excluding hydrogens is 438 g/mol. The van der Waals surface area contributed by atoms with Crippen molar-refractivity contribution >= 4 is 27.4 Å². The first-order valence-corrected chi connectivity index (χ1v) is 12.4. The Morgan fingerprint density at radius 3 is 2.58 bits per heavy atom. The van der Waals surface area contributed by atoms with Gasteiger partial charge in [-0.15, -0.1) is 11.3 Å². The van der Waals surface area contributed by atoms with Crippen molar-refractivity contribution in [1.82, 2.24) is 19.8 Å². The largest absolute Gasteiger partial charge is 0.508 e. The molecule has 0 amide bonds. The Labute approximate surface area is 198 Å². The number of ether oxygens (including phenoxy) is 2.